The van der Waals surface area contributed by atoms with Crippen molar-refractivity contribution in [1.29, 1.82) is 0 Å². The Morgan fingerprint density at radius 2 is 1.83 bits per heavy atom. The highest BCUT2D eigenvalue weighted by Gasteiger charge is 2.33. The molecule has 0 aliphatic carbocycles. The van der Waals surface area contributed by atoms with Crippen LogP contribution in [0.15, 0.2) is 54.6 Å². The number of para-hydroxylation sites is 1. The lowest BCUT2D eigenvalue weighted by atomic mass is 9.99. The van der Waals surface area contributed by atoms with Crippen molar-refractivity contribution in [2.75, 3.05) is 23.0 Å². The number of pyridine rings is 1. The Morgan fingerprint density at radius 3 is 2.58 bits per heavy atom. The van der Waals surface area contributed by atoms with E-state index in [9.17, 15) is 13.2 Å². The number of hydrogen-bond acceptors (Lipinski definition) is 5. The third-order valence-electron chi connectivity index (χ3n) is 7.32. The number of aryl methyl sites for hydroxylation is 3. The zero-order valence-corrected chi connectivity index (χ0v) is 21.3. The summed E-state index contributed by atoms with van der Waals surface area (Å²) in [6.07, 6.45) is 2.35. The van der Waals surface area contributed by atoms with E-state index in [-0.39, 0.29) is 23.5 Å². The van der Waals surface area contributed by atoms with Crippen LogP contribution in [0.3, 0.4) is 0 Å². The Kier molecular flexibility index (Phi) is 5.44. The standard InChI is InChI=1S/C28H28N4O3S/c1-18-9-11-20(12-10-18)24-16-23(28(33)31-14-5-7-21-6-3-4-8-25(21)31)26-19(2)30-32(27(26)29-24)22-13-15-36(34,35)17-22/h3-4,6,8-12,16,22H,5,7,13-15,17H2,1-2H3. The molecule has 2 aromatic carbocycles. The fourth-order valence-electron chi connectivity index (χ4n) is 5.47. The molecule has 0 N–H and O–H groups in total. The second-order valence-corrected chi connectivity index (χ2v) is 12.1. The van der Waals surface area contributed by atoms with Crippen molar-refractivity contribution in [3.8, 4) is 11.3 Å². The number of rotatable bonds is 3. The van der Waals surface area contributed by atoms with Gasteiger partial charge in [0.25, 0.3) is 5.91 Å². The Balaban J connectivity index is 1.56. The monoisotopic (exact) mass is 500 g/mol. The average molecular weight is 501 g/mol. The Hall–Kier alpha value is -3.52. The molecule has 184 valence electrons. The molecule has 2 aliphatic rings. The van der Waals surface area contributed by atoms with E-state index >= 15 is 0 Å². The van der Waals surface area contributed by atoms with Crippen LogP contribution in [0.1, 0.15) is 46.1 Å². The fraction of sp³-hybridized carbons (Fsp3) is 0.321. The molecular formula is C28H28N4O3S. The lowest BCUT2D eigenvalue weighted by Gasteiger charge is -2.29. The number of hydrogen-bond donors (Lipinski definition) is 0. The van der Waals surface area contributed by atoms with Crippen LogP contribution < -0.4 is 4.90 Å². The minimum absolute atomic E-state index is 0.0441. The molecule has 1 saturated heterocycles. The molecule has 1 atom stereocenters. The predicted molar refractivity (Wildman–Crippen MR) is 141 cm³/mol. The Bertz CT molecular complexity index is 1610. The zero-order valence-electron chi connectivity index (χ0n) is 20.4. The maximum Gasteiger partial charge on any atom is 0.259 e. The van der Waals surface area contributed by atoms with Crippen LogP contribution in [-0.2, 0) is 16.3 Å². The average Bonchev–Trinajstić information content (AvgIpc) is 3.41. The van der Waals surface area contributed by atoms with E-state index < -0.39 is 9.84 Å². The van der Waals surface area contributed by atoms with Crippen LogP contribution in [0.5, 0.6) is 0 Å². The number of carbonyl (C=O) groups excluding carboxylic acids is 1. The predicted octanol–water partition coefficient (Wildman–Crippen LogP) is 4.67. The van der Waals surface area contributed by atoms with Gasteiger partial charge >= 0.3 is 0 Å². The topological polar surface area (TPSA) is 85.2 Å². The molecule has 4 aromatic rings. The second kappa shape index (κ2) is 8.55. The highest BCUT2D eigenvalue weighted by Crippen LogP contribution is 2.35. The van der Waals surface area contributed by atoms with Gasteiger partial charge in [0.05, 0.1) is 39.9 Å². The van der Waals surface area contributed by atoms with E-state index in [1.807, 2.05) is 67.3 Å². The summed E-state index contributed by atoms with van der Waals surface area (Å²) in [7, 11) is -3.11. The van der Waals surface area contributed by atoms with Gasteiger partial charge in [-0.15, -0.1) is 0 Å². The number of aromatic nitrogens is 3. The van der Waals surface area contributed by atoms with Crippen molar-refractivity contribution >= 4 is 32.5 Å². The molecule has 0 saturated carbocycles. The lowest BCUT2D eigenvalue weighted by molar-refractivity contribution is 0.0986. The summed E-state index contributed by atoms with van der Waals surface area (Å²) in [5.74, 6) is 0.110. The summed E-state index contributed by atoms with van der Waals surface area (Å²) in [5.41, 5.74) is 6.65. The summed E-state index contributed by atoms with van der Waals surface area (Å²) in [5, 5.41) is 5.44. The maximum absolute atomic E-state index is 14.2. The minimum atomic E-state index is -3.11. The largest absolute Gasteiger partial charge is 0.308 e. The van der Waals surface area contributed by atoms with E-state index in [0.29, 0.717) is 41.0 Å². The first kappa shape index (κ1) is 22.9. The molecule has 2 aliphatic heterocycles. The fourth-order valence-corrected chi connectivity index (χ4v) is 7.16. The van der Waals surface area contributed by atoms with Crippen molar-refractivity contribution in [3.05, 3.63) is 77.0 Å². The van der Waals surface area contributed by atoms with Gasteiger partial charge in [-0.1, -0.05) is 48.0 Å². The molecule has 0 bridgehead atoms. The number of anilines is 1. The summed E-state index contributed by atoms with van der Waals surface area (Å²) >= 11 is 0. The second-order valence-electron chi connectivity index (χ2n) is 9.90. The lowest BCUT2D eigenvalue weighted by Crippen LogP contribution is -2.35. The molecule has 2 aromatic heterocycles. The molecular weight excluding hydrogens is 472 g/mol. The molecule has 8 heteroatoms. The van der Waals surface area contributed by atoms with Gasteiger partial charge in [-0.3, -0.25) is 4.79 Å². The molecule has 1 unspecified atom stereocenters. The third-order valence-corrected chi connectivity index (χ3v) is 9.07. The van der Waals surface area contributed by atoms with Crippen molar-refractivity contribution in [1.82, 2.24) is 14.8 Å². The molecule has 6 rings (SSSR count). The summed E-state index contributed by atoms with van der Waals surface area (Å²) < 4.78 is 26.3. The minimum Gasteiger partial charge on any atom is -0.308 e. The number of sulfone groups is 1. The van der Waals surface area contributed by atoms with Crippen LogP contribution in [0.4, 0.5) is 5.69 Å². The van der Waals surface area contributed by atoms with E-state index in [4.69, 9.17) is 10.1 Å². The quantitative estimate of drug-likeness (QED) is 0.408. The van der Waals surface area contributed by atoms with Crippen molar-refractivity contribution in [3.63, 3.8) is 0 Å². The van der Waals surface area contributed by atoms with Gasteiger partial charge in [-0.05, 0) is 50.8 Å². The van der Waals surface area contributed by atoms with E-state index in [1.54, 1.807) is 4.68 Å². The van der Waals surface area contributed by atoms with Gasteiger partial charge in [-0.25, -0.2) is 18.1 Å². The number of fused-ring (bicyclic) bond motifs is 2. The SMILES string of the molecule is Cc1ccc(-c2cc(C(=O)N3CCCc4ccccc43)c3c(C)nn(C4CCS(=O)(=O)C4)c3n2)cc1. The number of amides is 1. The zero-order chi connectivity index (χ0) is 25.0. The Labute approximate surface area is 210 Å². The molecule has 1 amide bonds. The molecule has 7 nitrogen and oxygen atoms in total. The highest BCUT2D eigenvalue weighted by atomic mass is 32.2. The van der Waals surface area contributed by atoms with Gasteiger partial charge in [0.15, 0.2) is 15.5 Å². The van der Waals surface area contributed by atoms with Crippen molar-refractivity contribution in [2.45, 2.75) is 39.2 Å². The third kappa shape index (κ3) is 3.89. The number of benzene rings is 2. The van der Waals surface area contributed by atoms with Gasteiger partial charge in [0.2, 0.25) is 0 Å². The normalized spacial score (nSPS) is 18.9. The van der Waals surface area contributed by atoms with Crippen LogP contribution in [-0.4, -0.2) is 47.1 Å². The van der Waals surface area contributed by atoms with Gasteiger partial charge in [0.1, 0.15) is 0 Å². The van der Waals surface area contributed by atoms with Gasteiger partial charge in [-0.2, -0.15) is 5.10 Å². The molecule has 4 heterocycles. The summed E-state index contributed by atoms with van der Waals surface area (Å²) in [6, 6.07) is 17.7. The first-order valence-corrected chi connectivity index (χ1v) is 14.2. The molecule has 36 heavy (non-hydrogen) atoms. The first-order chi connectivity index (χ1) is 17.3. The molecule has 0 radical (unpaired) electrons. The van der Waals surface area contributed by atoms with Gasteiger partial charge in [0, 0.05) is 17.8 Å². The molecule has 0 spiro atoms. The highest BCUT2D eigenvalue weighted by molar-refractivity contribution is 7.91. The van der Waals surface area contributed by atoms with E-state index in [2.05, 4.69) is 6.07 Å². The summed E-state index contributed by atoms with van der Waals surface area (Å²) in [4.78, 5) is 21.0. The summed E-state index contributed by atoms with van der Waals surface area (Å²) in [6.45, 7) is 4.55. The van der Waals surface area contributed by atoms with Crippen molar-refractivity contribution in [2.24, 2.45) is 0 Å². The van der Waals surface area contributed by atoms with E-state index in [0.717, 1.165) is 29.7 Å². The van der Waals surface area contributed by atoms with Crippen LogP contribution in [0.2, 0.25) is 0 Å². The Morgan fingerprint density at radius 1 is 1.06 bits per heavy atom. The van der Waals surface area contributed by atoms with Crippen LogP contribution in [0.25, 0.3) is 22.3 Å². The first-order valence-electron chi connectivity index (χ1n) is 12.4. The van der Waals surface area contributed by atoms with Gasteiger partial charge < -0.3 is 4.90 Å². The number of carbonyl (C=O) groups is 1. The van der Waals surface area contributed by atoms with Crippen molar-refractivity contribution < 1.29 is 13.2 Å². The maximum atomic E-state index is 14.2. The smallest absolute Gasteiger partial charge is 0.259 e. The van der Waals surface area contributed by atoms with Crippen LogP contribution in [0, 0.1) is 13.8 Å². The molecule has 1 fully saturated rings. The number of nitrogens with zero attached hydrogens (tertiary/aromatic N) is 4. The van der Waals surface area contributed by atoms with E-state index in [1.165, 1.54) is 5.56 Å². The van der Waals surface area contributed by atoms with Crippen LogP contribution >= 0.6 is 0 Å².